The Morgan fingerprint density at radius 3 is 2.69 bits per heavy atom. The van der Waals surface area contributed by atoms with Crippen molar-refractivity contribution in [3.05, 3.63) is 81.9 Å². The number of hydrogen-bond donors (Lipinski definition) is 2. The van der Waals surface area contributed by atoms with Crippen molar-refractivity contribution in [1.29, 1.82) is 0 Å². The molecule has 0 saturated heterocycles. The highest BCUT2D eigenvalue weighted by Crippen LogP contribution is 2.23. The summed E-state index contributed by atoms with van der Waals surface area (Å²) in [6.45, 7) is 4.30. The van der Waals surface area contributed by atoms with Crippen molar-refractivity contribution < 1.29 is 4.79 Å². The number of carbonyl (C=O) groups excluding carboxylic acids is 1. The largest absolute Gasteiger partial charge is 0.342 e. The van der Waals surface area contributed by atoms with Gasteiger partial charge in [0.2, 0.25) is 0 Å². The summed E-state index contributed by atoms with van der Waals surface area (Å²) >= 11 is 8.07. The van der Waals surface area contributed by atoms with Gasteiger partial charge in [0.15, 0.2) is 0 Å². The fraction of sp³-hybridized carbons (Fsp3) is 0.292. The topological polar surface area (TPSA) is 75.6 Å². The molecule has 0 saturated carbocycles. The number of thioether (sulfide) groups is 1. The summed E-state index contributed by atoms with van der Waals surface area (Å²) in [5, 5.41) is 8.49. The maximum Gasteiger partial charge on any atom is 0.255 e. The normalized spacial score (nSPS) is 12.2. The molecule has 166 valence electrons. The summed E-state index contributed by atoms with van der Waals surface area (Å²) in [6.07, 6.45) is 2.84. The van der Waals surface area contributed by atoms with Gasteiger partial charge in [-0.2, -0.15) is 16.9 Å². The summed E-state index contributed by atoms with van der Waals surface area (Å²) in [5.74, 6) is 1.54. The highest BCUT2D eigenvalue weighted by Gasteiger charge is 2.24. The first kappa shape index (κ1) is 22.4. The molecule has 0 unspecified atom stereocenters. The molecular weight excluding hydrogens is 442 g/mol. The molecule has 4 rings (SSSR count). The molecule has 1 atom stereocenters. The van der Waals surface area contributed by atoms with E-state index in [9.17, 15) is 4.79 Å². The highest BCUT2D eigenvalue weighted by molar-refractivity contribution is 7.98. The van der Waals surface area contributed by atoms with Crippen LogP contribution in [0.15, 0.2) is 48.5 Å². The summed E-state index contributed by atoms with van der Waals surface area (Å²) in [5.41, 5.74) is 4.93. The van der Waals surface area contributed by atoms with Gasteiger partial charge >= 0.3 is 0 Å². The third kappa shape index (κ3) is 4.69. The quantitative estimate of drug-likeness (QED) is 0.368. The Morgan fingerprint density at radius 1 is 1.19 bits per heavy atom. The second-order valence-electron chi connectivity index (χ2n) is 7.74. The number of nitrogens with zero attached hydrogens (tertiary/aromatic N) is 3. The van der Waals surface area contributed by atoms with Crippen LogP contribution in [-0.4, -0.2) is 37.7 Å². The lowest BCUT2D eigenvalue weighted by molar-refractivity contribution is 0.0933. The van der Waals surface area contributed by atoms with E-state index in [2.05, 4.69) is 21.7 Å². The summed E-state index contributed by atoms with van der Waals surface area (Å²) in [6, 6.07) is 15.4. The van der Waals surface area contributed by atoms with Crippen LogP contribution in [0.25, 0.3) is 11.0 Å². The van der Waals surface area contributed by atoms with Gasteiger partial charge in [0.1, 0.15) is 5.82 Å². The average Bonchev–Trinajstić information content (AvgIpc) is 3.33. The number of amides is 1. The predicted molar refractivity (Wildman–Crippen MR) is 132 cm³/mol. The number of nitrogens with one attached hydrogen (secondary N) is 2. The number of aromatic nitrogens is 4. The number of H-pyrrole nitrogens is 1. The molecule has 0 spiro atoms. The molecule has 2 aromatic carbocycles. The standard InChI is InChI=1S/C24H26ClN5OS/c1-15-22(16(2)30(29-15)14-17-8-4-5-9-18(17)25)24(31)28-21(12-13-32-3)23-26-19-10-6-7-11-20(19)27-23/h4-11,21H,12-14H2,1-3H3,(H,26,27)(H,28,31)/t21-/m0/s1. The summed E-state index contributed by atoms with van der Waals surface area (Å²) in [7, 11) is 0. The minimum absolute atomic E-state index is 0.142. The number of aryl methyl sites for hydroxylation is 1. The zero-order valence-corrected chi connectivity index (χ0v) is 19.9. The predicted octanol–water partition coefficient (Wildman–Crippen LogP) is 5.30. The fourth-order valence-corrected chi connectivity index (χ4v) is 4.52. The molecule has 0 aliphatic rings. The number of imidazole rings is 1. The maximum absolute atomic E-state index is 13.3. The number of hydrogen-bond acceptors (Lipinski definition) is 4. The van der Waals surface area contributed by atoms with Crippen molar-refractivity contribution in [1.82, 2.24) is 25.1 Å². The summed E-state index contributed by atoms with van der Waals surface area (Å²) in [4.78, 5) is 21.4. The molecule has 0 aliphatic heterocycles. The van der Waals surface area contributed by atoms with Crippen molar-refractivity contribution in [2.45, 2.75) is 32.9 Å². The van der Waals surface area contributed by atoms with Crippen LogP contribution in [-0.2, 0) is 6.54 Å². The molecule has 6 nitrogen and oxygen atoms in total. The van der Waals surface area contributed by atoms with Gasteiger partial charge in [0, 0.05) is 10.7 Å². The lowest BCUT2D eigenvalue weighted by Crippen LogP contribution is -2.30. The van der Waals surface area contributed by atoms with Crippen LogP contribution in [0, 0.1) is 13.8 Å². The Kier molecular flexibility index (Phi) is 6.86. The third-order valence-corrected chi connectivity index (χ3v) is 6.55. The smallest absolute Gasteiger partial charge is 0.255 e. The molecular formula is C24H26ClN5OS. The van der Waals surface area contributed by atoms with Crippen LogP contribution in [0.3, 0.4) is 0 Å². The maximum atomic E-state index is 13.3. The van der Waals surface area contributed by atoms with E-state index in [-0.39, 0.29) is 11.9 Å². The van der Waals surface area contributed by atoms with E-state index < -0.39 is 0 Å². The fourth-order valence-electron chi connectivity index (χ4n) is 3.85. The lowest BCUT2D eigenvalue weighted by Gasteiger charge is -2.16. The SMILES string of the molecule is CSCC[C@H](NC(=O)c1c(C)nn(Cc2ccccc2Cl)c1C)c1nc2ccccc2[nH]1. The van der Waals surface area contributed by atoms with Gasteiger partial charge in [0.25, 0.3) is 5.91 Å². The highest BCUT2D eigenvalue weighted by atomic mass is 35.5. The van der Waals surface area contributed by atoms with E-state index in [0.717, 1.165) is 40.3 Å². The molecule has 8 heteroatoms. The second kappa shape index (κ2) is 9.79. The van der Waals surface area contributed by atoms with Gasteiger partial charge in [-0.1, -0.05) is 41.9 Å². The van der Waals surface area contributed by atoms with E-state index in [0.29, 0.717) is 22.8 Å². The van der Waals surface area contributed by atoms with Gasteiger partial charge in [0.05, 0.1) is 34.9 Å². The van der Waals surface area contributed by atoms with Crippen LogP contribution in [0.4, 0.5) is 0 Å². The molecule has 2 N–H and O–H groups in total. The Balaban J connectivity index is 1.59. The lowest BCUT2D eigenvalue weighted by atomic mass is 10.1. The van der Waals surface area contributed by atoms with Gasteiger partial charge in [-0.3, -0.25) is 9.48 Å². The van der Waals surface area contributed by atoms with Crippen molar-refractivity contribution in [2.24, 2.45) is 0 Å². The van der Waals surface area contributed by atoms with Crippen LogP contribution >= 0.6 is 23.4 Å². The van der Waals surface area contributed by atoms with E-state index in [1.54, 1.807) is 11.8 Å². The number of fused-ring (bicyclic) bond motifs is 1. The summed E-state index contributed by atoms with van der Waals surface area (Å²) < 4.78 is 1.84. The Morgan fingerprint density at radius 2 is 1.94 bits per heavy atom. The Bertz CT molecular complexity index is 1220. The molecule has 32 heavy (non-hydrogen) atoms. The zero-order valence-electron chi connectivity index (χ0n) is 18.4. The van der Waals surface area contributed by atoms with Gasteiger partial charge < -0.3 is 10.3 Å². The molecule has 2 aromatic heterocycles. The van der Waals surface area contributed by atoms with Crippen LogP contribution in [0.1, 0.15) is 45.6 Å². The average molecular weight is 468 g/mol. The zero-order chi connectivity index (χ0) is 22.7. The number of para-hydroxylation sites is 2. The monoisotopic (exact) mass is 467 g/mol. The first-order chi connectivity index (χ1) is 15.5. The Labute approximate surface area is 196 Å². The molecule has 4 aromatic rings. The first-order valence-corrected chi connectivity index (χ1v) is 12.3. The molecule has 1 amide bonds. The van der Waals surface area contributed by atoms with Crippen molar-refractivity contribution in [3.63, 3.8) is 0 Å². The van der Waals surface area contributed by atoms with E-state index >= 15 is 0 Å². The number of rotatable bonds is 8. The minimum Gasteiger partial charge on any atom is -0.342 e. The molecule has 0 fully saturated rings. The van der Waals surface area contributed by atoms with Crippen molar-refractivity contribution in [2.75, 3.05) is 12.0 Å². The van der Waals surface area contributed by atoms with Crippen LogP contribution in [0.2, 0.25) is 5.02 Å². The molecule has 0 radical (unpaired) electrons. The Hall–Kier alpha value is -2.77. The van der Waals surface area contributed by atoms with E-state index in [1.165, 1.54) is 0 Å². The van der Waals surface area contributed by atoms with Gasteiger partial charge in [-0.05, 0) is 56.0 Å². The number of benzene rings is 2. The van der Waals surface area contributed by atoms with Gasteiger partial charge in [-0.15, -0.1) is 0 Å². The number of carbonyl (C=O) groups is 1. The van der Waals surface area contributed by atoms with Crippen molar-refractivity contribution >= 4 is 40.3 Å². The molecule has 0 aliphatic carbocycles. The van der Waals surface area contributed by atoms with E-state index in [1.807, 2.05) is 67.1 Å². The minimum atomic E-state index is -0.215. The van der Waals surface area contributed by atoms with Crippen LogP contribution < -0.4 is 5.32 Å². The first-order valence-electron chi connectivity index (χ1n) is 10.5. The van der Waals surface area contributed by atoms with Gasteiger partial charge in [-0.25, -0.2) is 4.98 Å². The second-order valence-corrected chi connectivity index (χ2v) is 9.13. The molecule has 0 bridgehead atoms. The molecule has 2 heterocycles. The van der Waals surface area contributed by atoms with Crippen molar-refractivity contribution in [3.8, 4) is 0 Å². The van der Waals surface area contributed by atoms with E-state index in [4.69, 9.17) is 16.6 Å². The number of aromatic amines is 1. The number of halogens is 1. The van der Waals surface area contributed by atoms with Crippen LogP contribution in [0.5, 0.6) is 0 Å². The third-order valence-electron chi connectivity index (χ3n) is 5.54.